The zero-order chi connectivity index (χ0) is 11.5. The average molecular weight is 220 g/mol. The quantitative estimate of drug-likeness (QED) is 0.844. The van der Waals surface area contributed by atoms with E-state index in [0.29, 0.717) is 0 Å². The van der Waals surface area contributed by atoms with Gasteiger partial charge in [0.2, 0.25) is 0 Å². The number of aryl methyl sites for hydroxylation is 1. The molecule has 2 nitrogen and oxygen atoms in total. The van der Waals surface area contributed by atoms with Crippen LogP contribution < -0.4 is 4.74 Å². The summed E-state index contributed by atoms with van der Waals surface area (Å²) in [5.41, 5.74) is 2.06. The number of ether oxygens (including phenoxy) is 1. The van der Waals surface area contributed by atoms with Crippen molar-refractivity contribution in [1.82, 2.24) is 0 Å². The Morgan fingerprint density at radius 2 is 2.19 bits per heavy atom. The van der Waals surface area contributed by atoms with Crippen LogP contribution >= 0.6 is 0 Å². The zero-order valence-electron chi connectivity index (χ0n) is 10.1. The van der Waals surface area contributed by atoms with Crippen LogP contribution in [0, 0.1) is 12.8 Å². The lowest BCUT2D eigenvalue weighted by Gasteiger charge is -2.26. The number of aliphatic hydroxyl groups excluding tert-OH is 1. The molecule has 0 unspecified atom stereocenters. The molecular formula is C14H20O2. The van der Waals surface area contributed by atoms with Crippen molar-refractivity contribution in [2.24, 2.45) is 5.92 Å². The molecule has 1 atom stereocenters. The van der Waals surface area contributed by atoms with Gasteiger partial charge < -0.3 is 9.84 Å². The van der Waals surface area contributed by atoms with E-state index < -0.39 is 6.10 Å². The minimum Gasteiger partial charge on any atom is -0.493 e. The van der Waals surface area contributed by atoms with Crippen molar-refractivity contribution in [3.8, 4) is 5.75 Å². The van der Waals surface area contributed by atoms with Crippen molar-refractivity contribution in [2.75, 3.05) is 6.61 Å². The van der Waals surface area contributed by atoms with Crippen LogP contribution in [-0.4, -0.2) is 11.7 Å². The highest BCUT2D eigenvalue weighted by molar-refractivity contribution is 5.38. The van der Waals surface area contributed by atoms with E-state index in [1.165, 1.54) is 19.3 Å². The van der Waals surface area contributed by atoms with Gasteiger partial charge in [-0.25, -0.2) is 0 Å². The topological polar surface area (TPSA) is 29.5 Å². The van der Waals surface area contributed by atoms with E-state index in [0.717, 1.165) is 29.4 Å². The highest BCUT2D eigenvalue weighted by Gasteiger charge is 2.19. The molecule has 0 bridgehead atoms. The van der Waals surface area contributed by atoms with Crippen LogP contribution in [0.2, 0.25) is 0 Å². The lowest BCUT2D eigenvalue weighted by molar-refractivity contribution is 0.164. The Morgan fingerprint density at radius 3 is 2.75 bits per heavy atom. The number of benzene rings is 1. The number of rotatable bonds is 4. The Balaban J connectivity index is 2.05. The van der Waals surface area contributed by atoms with Crippen LogP contribution in [0.1, 0.15) is 43.4 Å². The lowest BCUT2D eigenvalue weighted by atomic mass is 9.86. The molecule has 88 valence electrons. The molecule has 1 aliphatic rings. The third kappa shape index (κ3) is 2.56. The zero-order valence-corrected chi connectivity index (χ0v) is 10.1. The Kier molecular flexibility index (Phi) is 3.49. The Morgan fingerprint density at radius 1 is 1.44 bits per heavy atom. The minimum absolute atomic E-state index is 0.462. The van der Waals surface area contributed by atoms with Gasteiger partial charge in [-0.05, 0) is 44.7 Å². The molecule has 0 radical (unpaired) electrons. The van der Waals surface area contributed by atoms with E-state index >= 15 is 0 Å². The summed E-state index contributed by atoms with van der Waals surface area (Å²) < 4.78 is 5.80. The fraction of sp³-hybridized carbons (Fsp3) is 0.571. The molecule has 0 spiro atoms. The lowest BCUT2D eigenvalue weighted by Crippen LogP contribution is -2.19. The number of hydrogen-bond acceptors (Lipinski definition) is 2. The summed E-state index contributed by atoms with van der Waals surface area (Å²) in [7, 11) is 0. The fourth-order valence-corrected chi connectivity index (χ4v) is 1.99. The maximum absolute atomic E-state index is 9.69. The molecule has 0 aliphatic heterocycles. The third-order valence-electron chi connectivity index (χ3n) is 3.31. The third-order valence-corrected chi connectivity index (χ3v) is 3.31. The van der Waals surface area contributed by atoms with E-state index in [1.54, 1.807) is 6.92 Å². The maximum atomic E-state index is 9.69. The minimum atomic E-state index is -0.462. The van der Waals surface area contributed by atoms with Crippen molar-refractivity contribution >= 4 is 0 Å². The van der Waals surface area contributed by atoms with Crippen molar-refractivity contribution in [3.63, 3.8) is 0 Å². The summed E-state index contributed by atoms with van der Waals surface area (Å²) in [6.07, 6.45) is 3.45. The van der Waals surface area contributed by atoms with Gasteiger partial charge in [0.05, 0.1) is 12.7 Å². The van der Waals surface area contributed by atoms with Crippen molar-refractivity contribution < 1.29 is 9.84 Å². The van der Waals surface area contributed by atoms with Gasteiger partial charge in [-0.1, -0.05) is 18.1 Å². The molecule has 0 amide bonds. The molecule has 0 aromatic heterocycles. The SMILES string of the molecule is Cc1ccc(OCC2CCC2)c([C@H](C)O)c1. The Hall–Kier alpha value is -1.02. The monoisotopic (exact) mass is 220 g/mol. The first-order valence-corrected chi connectivity index (χ1v) is 6.08. The molecule has 1 aromatic carbocycles. The fourth-order valence-electron chi connectivity index (χ4n) is 1.99. The van der Waals surface area contributed by atoms with Crippen LogP contribution in [0.3, 0.4) is 0 Å². The first kappa shape index (κ1) is 11.5. The second-order valence-electron chi connectivity index (χ2n) is 4.83. The van der Waals surface area contributed by atoms with Gasteiger partial charge in [0.1, 0.15) is 5.75 Å². The van der Waals surface area contributed by atoms with E-state index in [2.05, 4.69) is 0 Å². The van der Waals surface area contributed by atoms with Gasteiger partial charge in [-0.3, -0.25) is 0 Å². The predicted molar refractivity (Wildman–Crippen MR) is 64.6 cm³/mol. The van der Waals surface area contributed by atoms with Crippen LogP contribution in [0.15, 0.2) is 18.2 Å². The highest BCUT2D eigenvalue weighted by atomic mass is 16.5. The van der Waals surface area contributed by atoms with E-state index in [1.807, 2.05) is 25.1 Å². The van der Waals surface area contributed by atoms with E-state index in [9.17, 15) is 5.11 Å². The van der Waals surface area contributed by atoms with E-state index in [4.69, 9.17) is 4.74 Å². The summed E-state index contributed by atoms with van der Waals surface area (Å²) in [6.45, 7) is 4.61. The van der Waals surface area contributed by atoms with Crippen molar-refractivity contribution in [3.05, 3.63) is 29.3 Å². The molecule has 2 rings (SSSR count). The van der Waals surface area contributed by atoms with Crippen LogP contribution in [0.5, 0.6) is 5.75 Å². The van der Waals surface area contributed by atoms with E-state index in [-0.39, 0.29) is 0 Å². The average Bonchev–Trinajstić information content (AvgIpc) is 2.17. The summed E-state index contributed by atoms with van der Waals surface area (Å²) in [4.78, 5) is 0. The van der Waals surface area contributed by atoms with Crippen molar-refractivity contribution in [2.45, 2.75) is 39.2 Å². The molecule has 1 aromatic rings. The van der Waals surface area contributed by atoms with Crippen molar-refractivity contribution in [1.29, 1.82) is 0 Å². The molecule has 2 heteroatoms. The van der Waals surface area contributed by atoms with Gasteiger partial charge in [0, 0.05) is 5.56 Å². The van der Waals surface area contributed by atoms with Gasteiger partial charge in [0.15, 0.2) is 0 Å². The summed E-state index contributed by atoms with van der Waals surface area (Å²) in [5.74, 6) is 1.57. The molecule has 1 N–H and O–H groups in total. The van der Waals surface area contributed by atoms with Gasteiger partial charge in [-0.2, -0.15) is 0 Å². The predicted octanol–water partition coefficient (Wildman–Crippen LogP) is 3.23. The van der Waals surface area contributed by atoms with Crippen LogP contribution in [0.25, 0.3) is 0 Å². The molecule has 1 fully saturated rings. The Bertz CT molecular complexity index is 354. The first-order valence-electron chi connectivity index (χ1n) is 6.08. The molecule has 1 aliphatic carbocycles. The molecular weight excluding hydrogens is 200 g/mol. The van der Waals surface area contributed by atoms with Crippen LogP contribution in [0.4, 0.5) is 0 Å². The van der Waals surface area contributed by atoms with Gasteiger partial charge in [-0.15, -0.1) is 0 Å². The Labute approximate surface area is 97.3 Å². The standard InChI is InChI=1S/C14H20O2/c1-10-6-7-14(13(8-10)11(2)15)16-9-12-4-3-5-12/h6-8,11-12,15H,3-5,9H2,1-2H3/t11-/m0/s1. The smallest absolute Gasteiger partial charge is 0.125 e. The summed E-state index contributed by atoms with van der Waals surface area (Å²) in [5, 5.41) is 9.69. The number of hydrogen-bond donors (Lipinski definition) is 1. The van der Waals surface area contributed by atoms with Gasteiger partial charge >= 0.3 is 0 Å². The maximum Gasteiger partial charge on any atom is 0.125 e. The van der Waals surface area contributed by atoms with Crippen LogP contribution in [-0.2, 0) is 0 Å². The molecule has 16 heavy (non-hydrogen) atoms. The number of aliphatic hydroxyl groups is 1. The normalized spacial score (nSPS) is 17.9. The first-order chi connectivity index (χ1) is 7.66. The molecule has 0 heterocycles. The second-order valence-corrected chi connectivity index (χ2v) is 4.83. The summed E-state index contributed by atoms with van der Waals surface area (Å²) >= 11 is 0. The van der Waals surface area contributed by atoms with Gasteiger partial charge in [0.25, 0.3) is 0 Å². The summed E-state index contributed by atoms with van der Waals surface area (Å²) in [6, 6.07) is 6.00. The highest BCUT2D eigenvalue weighted by Crippen LogP contribution is 2.30. The second kappa shape index (κ2) is 4.88. The molecule has 1 saturated carbocycles. The molecule has 0 saturated heterocycles. The largest absolute Gasteiger partial charge is 0.493 e.